The normalized spacial score (nSPS) is 21.6. The number of carbonyl (C=O) groups excluding carboxylic acids is 1. The number of nitrogens with one attached hydrogen (secondary N) is 6. The first-order valence-corrected chi connectivity index (χ1v) is 11.5. The third-order valence-corrected chi connectivity index (χ3v) is 6.52. The topological polar surface area (TPSA) is 170 Å². The molecule has 2 unspecified atom stereocenters. The smallest absolute Gasteiger partial charge is 0.345 e. The molecule has 7 N–H and O–H groups in total. The SMILES string of the molecule is O=C(NC(CCCNC1NCCN1)(NS(=O)(=O)c1ccccc1)C(=O)O)C1CCON1. The van der Waals surface area contributed by atoms with Crippen LogP contribution in [0.25, 0.3) is 0 Å². The van der Waals surface area contributed by atoms with E-state index in [1.54, 1.807) is 6.07 Å². The summed E-state index contributed by atoms with van der Waals surface area (Å²) in [5.41, 5.74) is 0.278. The predicted octanol–water partition coefficient (Wildman–Crippen LogP) is -2.00. The molecule has 2 aliphatic rings. The van der Waals surface area contributed by atoms with E-state index >= 15 is 0 Å². The Labute approximate surface area is 180 Å². The number of amides is 1. The molecule has 1 aromatic carbocycles. The van der Waals surface area contributed by atoms with Crippen molar-refractivity contribution in [2.45, 2.75) is 42.2 Å². The first-order valence-electron chi connectivity index (χ1n) is 10.0. The van der Waals surface area contributed by atoms with E-state index in [2.05, 4.69) is 31.5 Å². The van der Waals surface area contributed by atoms with Crippen LogP contribution in [0.5, 0.6) is 0 Å². The maximum Gasteiger partial charge on any atom is 0.345 e. The van der Waals surface area contributed by atoms with Crippen molar-refractivity contribution in [2.24, 2.45) is 0 Å². The van der Waals surface area contributed by atoms with Gasteiger partial charge in [0.05, 0.1) is 11.5 Å². The standard InChI is InChI=1S/C18H28N6O6S/c25-15(14-7-12-30-23-14)22-18(16(26)27,8-4-9-19-17-20-10-11-21-17)24-31(28,29)13-5-2-1-3-6-13/h1-3,5-6,14,17,19-21,23-24H,4,7-12H2,(H,22,25)(H,26,27). The Morgan fingerprint density at radius 1 is 1.19 bits per heavy atom. The quantitative estimate of drug-likeness (QED) is 0.146. The molecule has 2 atom stereocenters. The summed E-state index contributed by atoms with van der Waals surface area (Å²) < 4.78 is 28.0. The highest BCUT2D eigenvalue weighted by Gasteiger charge is 2.45. The van der Waals surface area contributed by atoms with Crippen LogP contribution in [0.4, 0.5) is 0 Å². The Morgan fingerprint density at radius 2 is 1.90 bits per heavy atom. The van der Waals surface area contributed by atoms with Crippen molar-refractivity contribution in [3.05, 3.63) is 30.3 Å². The predicted molar refractivity (Wildman–Crippen MR) is 110 cm³/mol. The molecule has 2 fully saturated rings. The van der Waals surface area contributed by atoms with Gasteiger partial charge in [0.2, 0.25) is 21.6 Å². The van der Waals surface area contributed by atoms with E-state index in [0.717, 1.165) is 13.1 Å². The number of benzene rings is 1. The number of carboxylic acid groups (broad SMARTS) is 1. The van der Waals surface area contributed by atoms with Gasteiger partial charge in [0.15, 0.2) is 0 Å². The third kappa shape index (κ3) is 6.20. The van der Waals surface area contributed by atoms with E-state index in [4.69, 9.17) is 4.84 Å². The van der Waals surface area contributed by atoms with Crippen molar-refractivity contribution < 1.29 is 28.0 Å². The molecule has 1 aromatic rings. The van der Waals surface area contributed by atoms with Crippen LogP contribution >= 0.6 is 0 Å². The van der Waals surface area contributed by atoms with Crippen LogP contribution < -0.4 is 31.5 Å². The second-order valence-electron chi connectivity index (χ2n) is 7.32. The fourth-order valence-electron chi connectivity index (χ4n) is 3.36. The number of sulfonamides is 1. The van der Waals surface area contributed by atoms with Crippen LogP contribution in [-0.4, -0.2) is 69.6 Å². The first-order chi connectivity index (χ1) is 14.8. The Hall–Kier alpha value is -2.13. The number of rotatable bonds is 11. The molecule has 0 saturated carbocycles. The monoisotopic (exact) mass is 456 g/mol. The zero-order valence-corrected chi connectivity index (χ0v) is 17.7. The van der Waals surface area contributed by atoms with Crippen molar-refractivity contribution in [1.82, 2.24) is 31.5 Å². The van der Waals surface area contributed by atoms with Gasteiger partial charge in [0, 0.05) is 13.1 Å². The fraction of sp³-hybridized carbons (Fsp3) is 0.556. The van der Waals surface area contributed by atoms with Crippen molar-refractivity contribution in [3.63, 3.8) is 0 Å². The maximum absolute atomic E-state index is 12.9. The zero-order chi connectivity index (χ0) is 22.3. The molecule has 2 aliphatic heterocycles. The van der Waals surface area contributed by atoms with Gasteiger partial charge in [-0.2, -0.15) is 10.2 Å². The van der Waals surface area contributed by atoms with Gasteiger partial charge in [-0.05, 0) is 37.9 Å². The van der Waals surface area contributed by atoms with Crippen LogP contribution in [-0.2, 0) is 24.4 Å². The molecule has 13 heteroatoms. The van der Waals surface area contributed by atoms with E-state index in [9.17, 15) is 23.1 Å². The lowest BCUT2D eigenvalue weighted by atomic mass is 10.0. The summed E-state index contributed by atoms with van der Waals surface area (Å²) in [5, 5.41) is 21.9. The minimum atomic E-state index is -4.23. The van der Waals surface area contributed by atoms with Gasteiger partial charge in [-0.3, -0.25) is 20.7 Å². The second-order valence-corrected chi connectivity index (χ2v) is 9.01. The van der Waals surface area contributed by atoms with Crippen LogP contribution in [0.1, 0.15) is 19.3 Å². The Kier molecular flexibility index (Phi) is 7.94. The van der Waals surface area contributed by atoms with E-state index in [1.807, 2.05) is 0 Å². The van der Waals surface area contributed by atoms with Crippen LogP contribution in [0, 0.1) is 0 Å². The van der Waals surface area contributed by atoms with Gasteiger partial charge < -0.3 is 15.3 Å². The number of aliphatic carboxylic acids is 1. The summed E-state index contributed by atoms with van der Waals surface area (Å²) >= 11 is 0. The highest BCUT2D eigenvalue weighted by atomic mass is 32.2. The average Bonchev–Trinajstić information content (AvgIpc) is 3.45. The van der Waals surface area contributed by atoms with Crippen molar-refractivity contribution in [1.29, 1.82) is 0 Å². The lowest BCUT2D eigenvalue weighted by molar-refractivity contribution is -0.149. The third-order valence-electron chi connectivity index (χ3n) is 5.01. The maximum atomic E-state index is 12.9. The highest BCUT2D eigenvalue weighted by Crippen LogP contribution is 2.18. The number of hydrogen-bond donors (Lipinski definition) is 7. The minimum Gasteiger partial charge on any atom is -0.478 e. The summed E-state index contributed by atoms with van der Waals surface area (Å²) in [6.07, 6.45) is 0.342. The van der Waals surface area contributed by atoms with Crippen molar-refractivity contribution >= 4 is 21.9 Å². The fourth-order valence-corrected chi connectivity index (χ4v) is 4.69. The molecular weight excluding hydrogens is 428 g/mol. The first kappa shape index (κ1) is 23.5. The molecular formula is C18H28N6O6S. The molecule has 0 bridgehead atoms. The van der Waals surface area contributed by atoms with Gasteiger partial charge in [-0.15, -0.1) is 0 Å². The summed E-state index contributed by atoms with van der Waals surface area (Å²) in [4.78, 5) is 29.8. The zero-order valence-electron chi connectivity index (χ0n) is 16.9. The number of hydroxylamine groups is 1. The van der Waals surface area contributed by atoms with Crippen molar-refractivity contribution in [3.8, 4) is 0 Å². The van der Waals surface area contributed by atoms with Gasteiger partial charge >= 0.3 is 5.97 Å². The Balaban J connectivity index is 1.77. The number of hydrogen-bond acceptors (Lipinski definition) is 9. The van der Waals surface area contributed by atoms with Gasteiger partial charge in [0.25, 0.3) is 0 Å². The number of carbonyl (C=O) groups is 2. The van der Waals surface area contributed by atoms with Crippen LogP contribution in [0.15, 0.2) is 35.2 Å². The summed E-state index contributed by atoms with van der Waals surface area (Å²) in [7, 11) is -4.23. The van der Waals surface area contributed by atoms with Crippen LogP contribution in [0.3, 0.4) is 0 Å². The molecule has 0 radical (unpaired) electrons. The van der Waals surface area contributed by atoms with E-state index in [-0.39, 0.29) is 24.0 Å². The largest absolute Gasteiger partial charge is 0.478 e. The number of carboxylic acids is 1. The molecule has 2 heterocycles. The second kappa shape index (κ2) is 10.5. The average molecular weight is 457 g/mol. The van der Waals surface area contributed by atoms with Gasteiger partial charge in [-0.1, -0.05) is 18.2 Å². The molecule has 2 saturated heterocycles. The molecule has 0 aromatic heterocycles. The minimum absolute atomic E-state index is 0.102. The summed E-state index contributed by atoms with van der Waals surface area (Å²) in [6, 6.07) is 6.63. The molecule has 0 spiro atoms. The highest BCUT2D eigenvalue weighted by molar-refractivity contribution is 7.89. The summed E-state index contributed by atoms with van der Waals surface area (Å²) in [6.45, 7) is 2.30. The molecule has 1 amide bonds. The van der Waals surface area contributed by atoms with E-state index in [1.165, 1.54) is 24.3 Å². The van der Waals surface area contributed by atoms with Gasteiger partial charge in [0.1, 0.15) is 12.3 Å². The Bertz CT molecular complexity index is 858. The van der Waals surface area contributed by atoms with Crippen molar-refractivity contribution in [2.75, 3.05) is 26.2 Å². The lowest BCUT2D eigenvalue weighted by Gasteiger charge is -2.32. The van der Waals surface area contributed by atoms with E-state index < -0.39 is 33.6 Å². The van der Waals surface area contributed by atoms with E-state index in [0.29, 0.717) is 19.6 Å². The molecule has 31 heavy (non-hydrogen) atoms. The molecule has 12 nitrogen and oxygen atoms in total. The molecule has 0 aliphatic carbocycles. The van der Waals surface area contributed by atoms with Crippen LogP contribution in [0.2, 0.25) is 0 Å². The lowest BCUT2D eigenvalue weighted by Crippen LogP contribution is -2.67. The Morgan fingerprint density at radius 3 is 2.52 bits per heavy atom. The molecule has 3 rings (SSSR count). The molecule has 172 valence electrons. The summed E-state index contributed by atoms with van der Waals surface area (Å²) in [5.74, 6) is -2.17. The van der Waals surface area contributed by atoms with Gasteiger partial charge in [-0.25, -0.2) is 13.2 Å².